The van der Waals surface area contributed by atoms with Gasteiger partial charge in [-0.2, -0.15) is 5.10 Å². The molecule has 0 saturated carbocycles. The van der Waals surface area contributed by atoms with Gasteiger partial charge < -0.3 is 0 Å². The Morgan fingerprint density at radius 3 is 2.45 bits per heavy atom. The zero-order chi connectivity index (χ0) is 14.1. The molecule has 0 bridgehead atoms. The highest BCUT2D eigenvalue weighted by Gasteiger charge is 2.12. The second-order valence-corrected chi connectivity index (χ2v) is 5.14. The van der Waals surface area contributed by atoms with Crippen molar-refractivity contribution in [2.45, 2.75) is 6.92 Å². The monoisotopic (exact) mass is 281 g/mol. The van der Waals surface area contributed by atoms with Crippen molar-refractivity contribution in [3.63, 3.8) is 0 Å². The topological polar surface area (TPSA) is 22.8 Å². The maximum Gasteiger partial charge on any atom is 0.202 e. The molecule has 0 amide bonds. The summed E-state index contributed by atoms with van der Waals surface area (Å²) in [5.41, 5.74) is 3.30. The maximum absolute atomic E-state index is 5.50. The van der Waals surface area contributed by atoms with Crippen LogP contribution in [0, 0.1) is 11.7 Å². The third-order valence-electron chi connectivity index (χ3n) is 3.22. The number of nitrogens with zero attached hydrogens (tertiary/aromatic N) is 3. The molecule has 0 atom stereocenters. The zero-order valence-electron chi connectivity index (χ0n) is 11.4. The second-order valence-electron chi connectivity index (χ2n) is 4.77. The second kappa shape index (κ2) is 5.06. The molecule has 1 heterocycles. The molecular formula is C16H15N3S. The highest BCUT2D eigenvalue weighted by atomic mass is 32.1. The third-order valence-corrected chi connectivity index (χ3v) is 3.66. The summed E-state index contributed by atoms with van der Waals surface area (Å²) in [4.78, 5) is 0. The minimum atomic E-state index is 0.689. The fraction of sp³-hybridized carbons (Fsp3) is 0.125. The van der Waals surface area contributed by atoms with Crippen LogP contribution in [0.25, 0.3) is 17.1 Å². The van der Waals surface area contributed by atoms with E-state index in [0.29, 0.717) is 4.77 Å². The predicted octanol–water partition coefficient (Wildman–Crippen LogP) is 3.92. The van der Waals surface area contributed by atoms with E-state index in [1.165, 1.54) is 5.56 Å². The molecule has 1 aromatic heterocycles. The summed E-state index contributed by atoms with van der Waals surface area (Å²) in [6, 6.07) is 18.4. The van der Waals surface area contributed by atoms with Crippen molar-refractivity contribution in [3.05, 3.63) is 64.9 Å². The summed E-state index contributed by atoms with van der Waals surface area (Å²) in [5.74, 6) is 0.865. The summed E-state index contributed by atoms with van der Waals surface area (Å²) < 4.78 is 4.44. The Morgan fingerprint density at radius 1 is 1.00 bits per heavy atom. The summed E-state index contributed by atoms with van der Waals surface area (Å²) in [6.07, 6.45) is 0. The molecule has 0 aliphatic rings. The largest absolute Gasteiger partial charge is 0.268 e. The lowest BCUT2D eigenvalue weighted by Gasteiger charge is -2.07. The van der Waals surface area contributed by atoms with Crippen molar-refractivity contribution in [1.29, 1.82) is 0 Å². The Kier molecular flexibility index (Phi) is 3.24. The Balaban J connectivity index is 2.28. The number of benzene rings is 2. The van der Waals surface area contributed by atoms with Gasteiger partial charge in [0.05, 0.1) is 5.69 Å². The van der Waals surface area contributed by atoms with Gasteiger partial charge in [0.25, 0.3) is 0 Å². The van der Waals surface area contributed by atoms with E-state index in [2.05, 4.69) is 30.2 Å². The third kappa shape index (κ3) is 2.18. The minimum Gasteiger partial charge on any atom is -0.268 e. The lowest BCUT2D eigenvalue weighted by atomic mass is 10.2. The molecule has 0 spiro atoms. The van der Waals surface area contributed by atoms with Gasteiger partial charge in [0.1, 0.15) is 0 Å². The molecule has 3 rings (SSSR count). The van der Waals surface area contributed by atoms with Crippen molar-refractivity contribution in [3.8, 4) is 17.1 Å². The van der Waals surface area contributed by atoms with Gasteiger partial charge in [0.15, 0.2) is 5.82 Å². The molecule has 0 saturated heterocycles. The number of rotatable bonds is 2. The van der Waals surface area contributed by atoms with Crippen molar-refractivity contribution in [2.24, 2.45) is 7.05 Å². The normalized spacial score (nSPS) is 10.7. The molecule has 0 aliphatic heterocycles. The van der Waals surface area contributed by atoms with E-state index in [0.717, 1.165) is 17.1 Å². The first-order chi connectivity index (χ1) is 9.66. The van der Waals surface area contributed by atoms with Crippen LogP contribution in [0.3, 0.4) is 0 Å². The van der Waals surface area contributed by atoms with E-state index < -0.39 is 0 Å². The maximum atomic E-state index is 5.50. The molecule has 0 N–H and O–H groups in total. The quantitative estimate of drug-likeness (QED) is 0.664. The molecule has 0 unspecified atom stereocenters. The average Bonchev–Trinajstić information content (AvgIpc) is 2.76. The Hall–Kier alpha value is -2.20. The number of hydrogen-bond acceptors (Lipinski definition) is 2. The predicted molar refractivity (Wildman–Crippen MR) is 83.5 cm³/mol. The first-order valence-corrected chi connectivity index (χ1v) is 6.86. The lowest BCUT2D eigenvalue weighted by Crippen LogP contribution is -1.98. The van der Waals surface area contributed by atoms with Crippen molar-refractivity contribution in [1.82, 2.24) is 14.3 Å². The van der Waals surface area contributed by atoms with Gasteiger partial charge in [0, 0.05) is 12.6 Å². The van der Waals surface area contributed by atoms with Crippen LogP contribution in [0.4, 0.5) is 0 Å². The molecule has 2 aromatic carbocycles. The van der Waals surface area contributed by atoms with Gasteiger partial charge in [-0.3, -0.25) is 4.57 Å². The van der Waals surface area contributed by atoms with E-state index in [4.69, 9.17) is 12.2 Å². The minimum absolute atomic E-state index is 0.689. The van der Waals surface area contributed by atoms with Gasteiger partial charge in [-0.15, -0.1) is 0 Å². The number of hydrogen-bond donors (Lipinski definition) is 0. The van der Waals surface area contributed by atoms with Crippen LogP contribution in [-0.4, -0.2) is 14.3 Å². The standard InChI is InChI=1S/C16H15N3S/c1-12-7-6-10-14(11-12)19-15(17-18(2)16(19)20)13-8-4-3-5-9-13/h3-11H,1-2H3. The van der Waals surface area contributed by atoms with Gasteiger partial charge in [0.2, 0.25) is 4.77 Å². The van der Waals surface area contributed by atoms with Crippen molar-refractivity contribution in [2.75, 3.05) is 0 Å². The van der Waals surface area contributed by atoms with Crippen LogP contribution in [-0.2, 0) is 7.05 Å². The Labute approximate surface area is 123 Å². The molecule has 100 valence electrons. The summed E-state index contributed by atoms with van der Waals surface area (Å²) >= 11 is 5.50. The molecule has 20 heavy (non-hydrogen) atoms. The summed E-state index contributed by atoms with van der Waals surface area (Å²) in [6.45, 7) is 2.08. The first kappa shape index (κ1) is 12.8. The van der Waals surface area contributed by atoms with Crippen molar-refractivity contribution < 1.29 is 0 Å². The van der Waals surface area contributed by atoms with Gasteiger partial charge in [-0.05, 0) is 36.8 Å². The fourth-order valence-electron chi connectivity index (χ4n) is 2.24. The molecule has 0 radical (unpaired) electrons. The van der Waals surface area contributed by atoms with E-state index in [9.17, 15) is 0 Å². The van der Waals surface area contributed by atoms with Crippen LogP contribution in [0.1, 0.15) is 5.56 Å². The number of aromatic nitrogens is 3. The van der Waals surface area contributed by atoms with Crippen LogP contribution < -0.4 is 0 Å². The molecule has 0 fully saturated rings. The van der Waals surface area contributed by atoms with Crippen LogP contribution in [0.15, 0.2) is 54.6 Å². The smallest absolute Gasteiger partial charge is 0.202 e. The van der Waals surface area contributed by atoms with Crippen molar-refractivity contribution >= 4 is 12.2 Å². The average molecular weight is 281 g/mol. The van der Waals surface area contributed by atoms with Gasteiger partial charge in [-0.1, -0.05) is 42.5 Å². The fourth-order valence-corrected chi connectivity index (χ4v) is 2.47. The summed E-state index contributed by atoms with van der Waals surface area (Å²) in [7, 11) is 1.88. The molecule has 4 heteroatoms. The highest BCUT2D eigenvalue weighted by Crippen LogP contribution is 2.22. The van der Waals surface area contributed by atoms with Crippen LogP contribution in [0.5, 0.6) is 0 Å². The molecular weight excluding hydrogens is 266 g/mol. The van der Waals surface area contributed by atoms with Gasteiger partial charge >= 0.3 is 0 Å². The molecule has 0 aliphatic carbocycles. The van der Waals surface area contributed by atoms with Crippen LogP contribution >= 0.6 is 12.2 Å². The highest BCUT2D eigenvalue weighted by molar-refractivity contribution is 7.71. The van der Waals surface area contributed by atoms with E-state index in [1.807, 2.05) is 48.0 Å². The van der Waals surface area contributed by atoms with E-state index in [1.54, 1.807) is 4.68 Å². The zero-order valence-corrected chi connectivity index (χ0v) is 12.3. The van der Waals surface area contributed by atoms with Crippen LogP contribution in [0.2, 0.25) is 0 Å². The lowest BCUT2D eigenvalue weighted by molar-refractivity contribution is 0.750. The SMILES string of the molecule is Cc1cccc(-n2c(-c3ccccc3)nn(C)c2=S)c1. The number of aryl methyl sites for hydroxylation is 2. The summed E-state index contributed by atoms with van der Waals surface area (Å²) in [5, 5.41) is 4.56. The Bertz CT molecular complexity index is 800. The van der Waals surface area contributed by atoms with Gasteiger partial charge in [-0.25, -0.2) is 4.68 Å². The molecule has 3 nitrogen and oxygen atoms in total. The Morgan fingerprint density at radius 2 is 1.75 bits per heavy atom. The van der Waals surface area contributed by atoms with E-state index in [-0.39, 0.29) is 0 Å². The van der Waals surface area contributed by atoms with E-state index >= 15 is 0 Å². The molecule has 3 aromatic rings. The first-order valence-electron chi connectivity index (χ1n) is 6.45.